The Hall–Kier alpha value is -0.890. The first-order valence-electron chi connectivity index (χ1n) is 6.78. The lowest BCUT2D eigenvalue weighted by molar-refractivity contribution is -0.113. The van der Waals surface area contributed by atoms with Gasteiger partial charge >= 0.3 is 0 Å². The van der Waals surface area contributed by atoms with Gasteiger partial charge in [0.05, 0.1) is 0 Å². The average Bonchev–Trinajstić information content (AvgIpc) is 2.35. The molecule has 0 heterocycles. The number of unbranched alkanes of at least 4 members (excludes halogenated alkanes) is 6. The molecular formula is C15H26O2. The maximum atomic E-state index is 10.3. The molecule has 0 aromatic rings. The van der Waals surface area contributed by atoms with Gasteiger partial charge in [0.25, 0.3) is 0 Å². The van der Waals surface area contributed by atoms with Crippen LogP contribution in [-0.4, -0.2) is 17.5 Å². The Morgan fingerprint density at radius 3 is 2.12 bits per heavy atom. The number of aliphatic hydroxyl groups excluding tert-OH is 1. The van der Waals surface area contributed by atoms with E-state index >= 15 is 0 Å². The van der Waals surface area contributed by atoms with Crippen LogP contribution in [0.3, 0.4) is 0 Å². The fraction of sp³-hybridized carbons (Fsp3) is 0.667. The van der Waals surface area contributed by atoms with E-state index < -0.39 is 0 Å². The van der Waals surface area contributed by atoms with Crippen LogP contribution in [0, 0.1) is 0 Å². The molecule has 1 aliphatic rings. The lowest BCUT2D eigenvalue weighted by atomic mass is 10.1. The zero-order chi connectivity index (χ0) is 12.8. The molecule has 0 aromatic carbocycles. The number of allylic oxidation sites excluding steroid dienone is 4. The number of rotatable bonds is 7. The van der Waals surface area contributed by atoms with Crippen LogP contribution in [0.15, 0.2) is 24.3 Å². The number of carbonyl (C=O) groups excluding carboxylic acids is 1. The molecular weight excluding hydrogens is 212 g/mol. The summed E-state index contributed by atoms with van der Waals surface area (Å²) in [6.45, 7) is 2.60. The Balaban J connectivity index is 0.000000318. The van der Waals surface area contributed by atoms with Crippen molar-refractivity contribution >= 4 is 5.78 Å². The third-order valence-corrected chi connectivity index (χ3v) is 2.61. The van der Waals surface area contributed by atoms with E-state index in [0.717, 1.165) is 6.42 Å². The smallest absolute Gasteiger partial charge is 0.159 e. The minimum Gasteiger partial charge on any atom is -0.396 e. The lowest BCUT2D eigenvalue weighted by Crippen LogP contribution is -1.90. The number of carbonyl (C=O) groups is 1. The second kappa shape index (κ2) is 13.2. The van der Waals surface area contributed by atoms with E-state index in [-0.39, 0.29) is 5.78 Å². The number of hydrogen-bond acceptors (Lipinski definition) is 2. The molecule has 0 saturated carbocycles. The molecule has 0 saturated heterocycles. The summed E-state index contributed by atoms with van der Waals surface area (Å²) in [5.74, 6) is 0.197. The minimum atomic E-state index is 0.197. The van der Waals surface area contributed by atoms with Crippen LogP contribution in [0.4, 0.5) is 0 Å². The van der Waals surface area contributed by atoms with E-state index in [0.29, 0.717) is 13.0 Å². The Bertz CT molecular complexity index is 221. The monoisotopic (exact) mass is 238 g/mol. The summed E-state index contributed by atoms with van der Waals surface area (Å²) >= 11 is 0. The Kier molecular flexibility index (Phi) is 12.5. The largest absolute Gasteiger partial charge is 0.396 e. The zero-order valence-corrected chi connectivity index (χ0v) is 11.0. The fourth-order valence-electron chi connectivity index (χ4n) is 1.56. The Labute approximate surface area is 105 Å². The molecule has 1 aliphatic carbocycles. The highest BCUT2D eigenvalue weighted by atomic mass is 16.2. The fourth-order valence-corrected chi connectivity index (χ4v) is 1.56. The summed E-state index contributed by atoms with van der Waals surface area (Å²) in [5.41, 5.74) is 0. The summed E-state index contributed by atoms with van der Waals surface area (Å²) in [7, 11) is 0. The van der Waals surface area contributed by atoms with E-state index in [4.69, 9.17) is 5.11 Å². The van der Waals surface area contributed by atoms with Crippen molar-refractivity contribution in [3.05, 3.63) is 24.3 Å². The first-order chi connectivity index (χ1) is 8.31. The molecule has 2 heteroatoms. The minimum absolute atomic E-state index is 0.197. The van der Waals surface area contributed by atoms with Gasteiger partial charge in [0.2, 0.25) is 0 Å². The van der Waals surface area contributed by atoms with Gasteiger partial charge in [-0.15, -0.1) is 0 Å². The van der Waals surface area contributed by atoms with Crippen molar-refractivity contribution in [3.63, 3.8) is 0 Å². The summed E-state index contributed by atoms with van der Waals surface area (Å²) in [5, 5.41) is 8.47. The van der Waals surface area contributed by atoms with Gasteiger partial charge in [-0.1, -0.05) is 63.7 Å². The molecule has 1 rings (SSSR count). The molecule has 0 atom stereocenters. The highest BCUT2D eigenvalue weighted by molar-refractivity contribution is 5.92. The maximum Gasteiger partial charge on any atom is 0.159 e. The molecule has 1 N–H and O–H groups in total. The van der Waals surface area contributed by atoms with E-state index in [1.807, 2.05) is 12.2 Å². The van der Waals surface area contributed by atoms with Crippen molar-refractivity contribution in [2.45, 2.75) is 58.3 Å². The molecule has 0 unspecified atom stereocenters. The first kappa shape index (κ1) is 16.1. The molecule has 2 nitrogen and oxygen atoms in total. The second-order valence-corrected chi connectivity index (χ2v) is 4.30. The van der Waals surface area contributed by atoms with Gasteiger partial charge in [0, 0.05) is 13.0 Å². The normalized spacial score (nSPS) is 13.4. The van der Waals surface area contributed by atoms with Crippen molar-refractivity contribution in [2.24, 2.45) is 0 Å². The average molecular weight is 238 g/mol. The second-order valence-electron chi connectivity index (χ2n) is 4.30. The third kappa shape index (κ3) is 13.0. The molecule has 0 amide bonds. The molecule has 0 fully saturated rings. The summed E-state index contributed by atoms with van der Waals surface area (Å²) in [4.78, 5) is 10.3. The third-order valence-electron chi connectivity index (χ3n) is 2.61. The van der Waals surface area contributed by atoms with Crippen molar-refractivity contribution in [2.75, 3.05) is 6.61 Å². The van der Waals surface area contributed by atoms with Gasteiger partial charge in [-0.05, 0) is 12.5 Å². The SMILES string of the molecule is CCCCCCCCCO.O=C1C=CC=CC1. The predicted molar refractivity (Wildman–Crippen MR) is 73.0 cm³/mol. The summed E-state index contributed by atoms with van der Waals surface area (Å²) < 4.78 is 0. The highest BCUT2D eigenvalue weighted by Gasteiger charge is 1.92. The van der Waals surface area contributed by atoms with Gasteiger partial charge in [0.1, 0.15) is 0 Å². The molecule has 17 heavy (non-hydrogen) atoms. The van der Waals surface area contributed by atoms with Crippen molar-refractivity contribution < 1.29 is 9.90 Å². The quantitative estimate of drug-likeness (QED) is 0.685. The molecule has 0 aromatic heterocycles. The van der Waals surface area contributed by atoms with Gasteiger partial charge < -0.3 is 5.11 Å². The van der Waals surface area contributed by atoms with Crippen LogP contribution in [0.2, 0.25) is 0 Å². The Morgan fingerprint density at radius 1 is 1.06 bits per heavy atom. The lowest BCUT2D eigenvalue weighted by Gasteiger charge is -1.97. The number of ketones is 1. The summed E-state index contributed by atoms with van der Waals surface area (Å²) in [6.07, 6.45) is 16.6. The zero-order valence-electron chi connectivity index (χ0n) is 11.0. The molecule has 0 radical (unpaired) electrons. The van der Waals surface area contributed by atoms with E-state index in [2.05, 4.69) is 6.92 Å². The van der Waals surface area contributed by atoms with Crippen LogP contribution in [0.5, 0.6) is 0 Å². The predicted octanol–water partition coefficient (Wildman–Crippen LogP) is 3.80. The maximum absolute atomic E-state index is 10.3. The molecule has 98 valence electrons. The van der Waals surface area contributed by atoms with Gasteiger partial charge in [-0.25, -0.2) is 0 Å². The number of aliphatic hydroxyl groups is 1. The van der Waals surface area contributed by atoms with Crippen LogP contribution in [-0.2, 0) is 4.79 Å². The van der Waals surface area contributed by atoms with Crippen LogP contribution in [0.25, 0.3) is 0 Å². The molecule has 0 aliphatic heterocycles. The molecule has 0 bridgehead atoms. The van der Waals surface area contributed by atoms with Crippen molar-refractivity contribution in [1.82, 2.24) is 0 Å². The van der Waals surface area contributed by atoms with E-state index in [9.17, 15) is 4.79 Å². The van der Waals surface area contributed by atoms with Gasteiger partial charge in [0.15, 0.2) is 5.78 Å². The standard InChI is InChI=1S/C9H20O.C6H6O/c1-2-3-4-5-6-7-8-9-10;7-6-4-2-1-3-5-6/h10H,2-9H2,1H3;1-4H,5H2. The van der Waals surface area contributed by atoms with E-state index in [1.54, 1.807) is 12.2 Å². The molecule has 0 spiro atoms. The summed E-state index contributed by atoms with van der Waals surface area (Å²) in [6, 6.07) is 0. The highest BCUT2D eigenvalue weighted by Crippen LogP contribution is 2.05. The van der Waals surface area contributed by atoms with Gasteiger partial charge in [-0.3, -0.25) is 4.79 Å². The topological polar surface area (TPSA) is 37.3 Å². The number of hydrogen-bond donors (Lipinski definition) is 1. The van der Waals surface area contributed by atoms with Crippen LogP contribution in [0.1, 0.15) is 58.3 Å². The Morgan fingerprint density at radius 2 is 1.71 bits per heavy atom. The van der Waals surface area contributed by atoms with E-state index in [1.165, 1.54) is 38.5 Å². The van der Waals surface area contributed by atoms with Crippen LogP contribution < -0.4 is 0 Å². The van der Waals surface area contributed by atoms with Crippen LogP contribution >= 0.6 is 0 Å². The van der Waals surface area contributed by atoms with Crippen molar-refractivity contribution in [3.8, 4) is 0 Å². The van der Waals surface area contributed by atoms with Gasteiger partial charge in [-0.2, -0.15) is 0 Å². The van der Waals surface area contributed by atoms with Crippen molar-refractivity contribution in [1.29, 1.82) is 0 Å². The first-order valence-corrected chi connectivity index (χ1v) is 6.78.